The molecule has 0 unspecified atom stereocenters. The Morgan fingerprint density at radius 2 is 2.15 bits per heavy atom. The summed E-state index contributed by atoms with van der Waals surface area (Å²) in [5.74, 6) is 1.71. The van der Waals surface area contributed by atoms with Crippen LogP contribution in [0.2, 0.25) is 0 Å². The van der Waals surface area contributed by atoms with E-state index in [1.807, 2.05) is 47.4 Å². The Kier molecular flexibility index (Phi) is 6.66. The van der Waals surface area contributed by atoms with E-state index in [0.717, 1.165) is 49.4 Å². The first-order valence-corrected chi connectivity index (χ1v) is 9.42. The molecule has 1 aliphatic rings. The minimum atomic E-state index is 0.600. The number of para-hydroxylation sites is 1. The van der Waals surface area contributed by atoms with Crippen molar-refractivity contribution in [3.8, 4) is 5.69 Å². The predicted octanol–water partition coefficient (Wildman–Crippen LogP) is 2.70. The topological polar surface area (TPSA) is 54.7 Å². The van der Waals surface area contributed by atoms with Crippen molar-refractivity contribution in [1.82, 2.24) is 20.0 Å². The molecular weight excluding hydrogens is 326 g/mol. The molecule has 0 bridgehead atoms. The van der Waals surface area contributed by atoms with E-state index in [9.17, 15) is 0 Å². The standard InChI is InChI=1S/C20H29N5O/c1-3-21-20(24(2)11-12-26-16-17-9-10-17)22-13-18-14-23-25(15-18)19-7-5-4-6-8-19/h4-8,14-15,17H,3,9-13,16H2,1-2H3,(H,21,22). The lowest BCUT2D eigenvalue weighted by atomic mass is 10.3. The summed E-state index contributed by atoms with van der Waals surface area (Å²) in [5.41, 5.74) is 2.14. The second-order valence-corrected chi connectivity index (χ2v) is 6.74. The summed E-state index contributed by atoms with van der Waals surface area (Å²) in [6, 6.07) is 10.1. The monoisotopic (exact) mass is 355 g/mol. The highest BCUT2D eigenvalue weighted by molar-refractivity contribution is 5.79. The molecule has 1 N–H and O–H groups in total. The number of nitrogens with zero attached hydrogens (tertiary/aromatic N) is 4. The Balaban J connectivity index is 1.53. The van der Waals surface area contributed by atoms with Gasteiger partial charge in [-0.25, -0.2) is 9.67 Å². The van der Waals surface area contributed by atoms with Crippen LogP contribution in [0.15, 0.2) is 47.7 Å². The number of hydrogen-bond donors (Lipinski definition) is 1. The van der Waals surface area contributed by atoms with Gasteiger partial charge in [0.1, 0.15) is 0 Å². The van der Waals surface area contributed by atoms with Crippen molar-refractivity contribution in [2.45, 2.75) is 26.3 Å². The maximum Gasteiger partial charge on any atom is 0.194 e. The summed E-state index contributed by atoms with van der Waals surface area (Å²) in [6.07, 6.45) is 6.56. The van der Waals surface area contributed by atoms with Gasteiger partial charge in [0.25, 0.3) is 0 Å². The lowest BCUT2D eigenvalue weighted by molar-refractivity contribution is 0.115. The highest BCUT2D eigenvalue weighted by atomic mass is 16.5. The van der Waals surface area contributed by atoms with E-state index < -0.39 is 0 Å². The summed E-state index contributed by atoms with van der Waals surface area (Å²) < 4.78 is 7.62. The molecular formula is C20H29N5O. The molecule has 0 spiro atoms. The van der Waals surface area contributed by atoms with Crippen LogP contribution in [0.1, 0.15) is 25.3 Å². The van der Waals surface area contributed by atoms with E-state index in [0.29, 0.717) is 6.54 Å². The van der Waals surface area contributed by atoms with Gasteiger partial charge in [-0.05, 0) is 37.8 Å². The van der Waals surface area contributed by atoms with Crippen molar-refractivity contribution < 1.29 is 4.74 Å². The smallest absolute Gasteiger partial charge is 0.194 e. The number of benzene rings is 1. The van der Waals surface area contributed by atoms with Crippen LogP contribution in [-0.4, -0.2) is 54.0 Å². The van der Waals surface area contributed by atoms with E-state index >= 15 is 0 Å². The van der Waals surface area contributed by atoms with Gasteiger partial charge in [0, 0.05) is 38.5 Å². The number of rotatable bonds is 9. The molecule has 0 aliphatic heterocycles. The molecule has 6 nitrogen and oxygen atoms in total. The molecule has 0 amide bonds. The van der Waals surface area contributed by atoms with Crippen LogP contribution in [0.5, 0.6) is 0 Å². The molecule has 3 rings (SSSR count). The number of nitrogens with one attached hydrogen (secondary N) is 1. The third-order valence-corrected chi connectivity index (χ3v) is 4.39. The summed E-state index contributed by atoms with van der Waals surface area (Å²) in [6.45, 7) is 6.00. The van der Waals surface area contributed by atoms with Crippen LogP contribution in [0.25, 0.3) is 5.69 Å². The fourth-order valence-corrected chi connectivity index (χ4v) is 2.64. The molecule has 2 aromatic rings. The molecule has 1 heterocycles. The van der Waals surface area contributed by atoms with Gasteiger partial charge in [-0.2, -0.15) is 5.10 Å². The van der Waals surface area contributed by atoms with Crippen molar-refractivity contribution in [2.24, 2.45) is 10.9 Å². The highest BCUT2D eigenvalue weighted by Gasteiger charge is 2.21. The molecule has 6 heteroatoms. The van der Waals surface area contributed by atoms with E-state index in [-0.39, 0.29) is 0 Å². The number of hydrogen-bond acceptors (Lipinski definition) is 3. The highest BCUT2D eigenvalue weighted by Crippen LogP contribution is 2.28. The molecule has 0 saturated heterocycles. The minimum Gasteiger partial charge on any atom is -0.379 e. The lowest BCUT2D eigenvalue weighted by Gasteiger charge is -2.21. The van der Waals surface area contributed by atoms with Crippen LogP contribution >= 0.6 is 0 Å². The number of likely N-dealkylation sites (N-methyl/N-ethyl adjacent to an activating group) is 1. The third-order valence-electron chi connectivity index (χ3n) is 4.39. The van der Waals surface area contributed by atoms with Gasteiger partial charge in [-0.15, -0.1) is 0 Å². The first-order valence-electron chi connectivity index (χ1n) is 9.42. The second kappa shape index (κ2) is 9.38. The molecule has 140 valence electrons. The van der Waals surface area contributed by atoms with E-state index in [4.69, 9.17) is 9.73 Å². The summed E-state index contributed by atoms with van der Waals surface area (Å²) in [5, 5.41) is 7.78. The maximum atomic E-state index is 5.73. The van der Waals surface area contributed by atoms with Crippen molar-refractivity contribution in [3.05, 3.63) is 48.3 Å². The molecule has 1 aliphatic carbocycles. The van der Waals surface area contributed by atoms with Gasteiger partial charge in [0.05, 0.1) is 25.0 Å². The van der Waals surface area contributed by atoms with E-state index in [1.54, 1.807) is 0 Å². The normalized spacial score (nSPS) is 14.5. The average molecular weight is 355 g/mol. The summed E-state index contributed by atoms with van der Waals surface area (Å²) in [7, 11) is 2.05. The number of ether oxygens (including phenoxy) is 1. The van der Waals surface area contributed by atoms with E-state index in [2.05, 4.69) is 29.3 Å². The number of aromatic nitrogens is 2. The van der Waals surface area contributed by atoms with Crippen LogP contribution in [-0.2, 0) is 11.3 Å². The zero-order valence-corrected chi connectivity index (χ0v) is 15.8. The number of guanidine groups is 1. The van der Waals surface area contributed by atoms with Gasteiger partial charge in [-0.1, -0.05) is 18.2 Å². The molecule has 0 radical (unpaired) electrons. The Morgan fingerprint density at radius 1 is 1.35 bits per heavy atom. The molecule has 0 atom stereocenters. The zero-order chi connectivity index (χ0) is 18.2. The van der Waals surface area contributed by atoms with Crippen LogP contribution in [0.3, 0.4) is 0 Å². The fraction of sp³-hybridized carbons (Fsp3) is 0.500. The van der Waals surface area contributed by atoms with Gasteiger partial charge in [-0.3, -0.25) is 0 Å². The van der Waals surface area contributed by atoms with Crippen molar-refractivity contribution >= 4 is 5.96 Å². The van der Waals surface area contributed by atoms with Crippen molar-refractivity contribution in [2.75, 3.05) is 33.4 Å². The first-order chi connectivity index (χ1) is 12.8. The molecule has 1 aromatic heterocycles. The predicted molar refractivity (Wildman–Crippen MR) is 105 cm³/mol. The Labute approximate surface area is 155 Å². The van der Waals surface area contributed by atoms with E-state index in [1.165, 1.54) is 12.8 Å². The van der Waals surface area contributed by atoms with Gasteiger partial charge < -0.3 is 15.0 Å². The Bertz CT molecular complexity index is 693. The zero-order valence-electron chi connectivity index (χ0n) is 15.8. The largest absolute Gasteiger partial charge is 0.379 e. The van der Waals surface area contributed by atoms with Gasteiger partial charge >= 0.3 is 0 Å². The second-order valence-electron chi connectivity index (χ2n) is 6.74. The van der Waals surface area contributed by atoms with Crippen LogP contribution in [0.4, 0.5) is 0 Å². The van der Waals surface area contributed by atoms with Gasteiger partial charge in [0.2, 0.25) is 0 Å². The average Bonchev–Trinajstić information content (AvgIpc) is 3.38. The SMILES string of the molecule is CCNC(=NCc1cnn(-c2ccccc2)c1)N(C)CCOCC1CC1. The van der Waals surface area contributed by atoms with Gasteiger partial charge in [0.15, 0.2) is 5.96 Å². The fourth-order valence-electron chi connectivity index (χ4n) is 2.64. The van der Waals surface area contributed by atoms with Crippen LogP contribution < -0.4 is 5.32 Å². The molecule has 1 saturated carbocycles. The molecule has 1 aromatic carbocycles. The third kappa shape index (κ3) is 5.59. The molecule has 26 heavy (non-hydrogen) atoms. The quantitative estimate of drug-likeness (QED) is 0.427. The Morgan fingerprint density at radius 3 is 2.88 bits per heavy atom. The van der Waals surface area contributed by atoms with Crippen molar-refractivity contribution in [3.63, 3.8) is 0 Å². The maximum absolute atomic E-state index is 5.73. The lowest BCUT2D eigenvalue weighted by Crippen LogP contribution is -2.40. The Hall–Kier alpha value is -2.34. The molecule has 1 fully saturated rings. The first kappa shape index (κ1) is 18.5. The van der Waals surface area contributed by atoms with Crippen LogP contribution in [0, 0.1) is 5.92 Å². The summed E-state index contributed by atoms with van der Waals surface area (Å²) in [4.78, 5) is 6.86. The minimum absolute atomic E-state index is 0.600. The van der Waals surface area contributed by atoms with Crippen molar-refractivity contribution in [1.29, 1.82) is 0 Å². The number of aliphatic imine (C=N–C) groups is 1. The summed E-state index contributed by atoms with van der Waals surface area (Å²) >= 11 is 0.